The van der Waals surface area contributed by atoms with Crippen molar-refractivity contribution in [2.24, 2.45) is 40.2 Å². The molecule has 2 aliphatic carbocycles. The molecule has 0 aromatic rings. The maximum atomic E-state index is 14.1. The normalized spacial score (nSPS) is 24.5. The molecule has 1 saturated heterocycles. The molecule has 43 heavy (non-hydrogen) atoms. The number of carbonyl (C=O) groups is 6. The molecule has 6 atom stereocenters. The number of methoxy groups -OCH3 is 1. The first-order chi connectivity index (χ1) is 19.9. The standard InChI is InChI=1S/C30H49N5O8/c1-15(2)19(14-43-28(41)42-8)33-27(40)34-23(29(3,4)5)26(39)35-13-17-20(30(17,6)7)21(35)25(38)32-18(22(36)24(31)37)12-16-10-9-11-16/h15-21,23H,9-14H2,1-8H3,(H2,31,37)(H,32,38)(H2,33,34,40)/t17-,18?,19+,20-,21?,23?/m0/s1. The molecule has 1 aliphatic heterocycles. The second-order valence-corrected chi connectivity index (χ2v) is 14.2. The van der Waals surface area contributed by atoms with Crippen molar-refractivity contribution in [3.8, 4) is 0 Å². The quantitative estimate of drug-likeness (QED) is 0.191. The third kappa shape index (κ3) is 7.77. The number of hydrogen-bond acceptors (Lipinski definition) is 8. The Labute approximate surface area is 253 Å². The number of ketones is 1. The summed E-state index contributed by atoms with van der Waals surface area (Å²) in [5.74, 6) is -2.81. The first-order valence-electron chi connectivity index (χ1n) is 15.1. The van der Waals surface area contributed by atoms with Crippen LogP contribution in [0.4, 0.5) is 9.59 Å². The number of amides is 5. The number of urea groups is 1. The predicted octanol–water partition coefficient (Wildman–Crippen LogP) is 1.72. The maximum absolute atomic E-state index is 14.1. The largest absolute Gasteiger partial charge is 0.508 e. The number of piperidine rings is 1. The minimum atomic E-state index is -1.10. The average Bonchev–Trinajstić information content (AvgIpc) is 3.21. The fraction of sp³-hybridized carbons (Fsp3) is 0.800. The number of nitrogens with zero attached hydrogens (tertiary/aromatic N) is 1. The Balaban J connectivity index is 1.79. The molecule has 3 rings (SSSR count). The van der Waals surface area contributed by atoms with Crippen LogP contribution >= 0.6 is 0 Å². The van der Waals surface area contributed by atoms with Crippen LogP contribution in [-0.4, -0.2) is 85.0 Å². The molecule has 1 heterocycles. The van der Waals surface area contributed by atoms with Crippen LogP contribution in [-0.2, 0) is 28.7 Å². The summed E-state index contributed by atoms with van der Waals surface area (Å²) in [6.07, 6.45) is 2.32. The number of hydrogen-bond donors (Lipinski definition) is 4. The summed E-state index contributed by atoms with van der Waals surface area (Å²) in [6, 6.07) is -4.10. The van der Waals surface area contributed by atoms with E-state index in [2.05, 4.69) is 20.7 Å². The molecule has 5 N–H and O–H groups in total. The van der Waals surface area contributed by atoms with Gasteiger partial charge in [-0.2, -0.15) is 0 Å². The summed E-state index contributed by atoms with van der Waals surface area (Å²) < 4.78 is 9.52. The van der Waals surface area contributed by atoms with Crippen molar-refractivity contribution in [1.29, 1.82) is 0 Å². The number of fused-ring (bicyclic) bond motifs is 1. The second-order valence-electron chi connectivity index (χ2n) is 14.2. The van der Waals surface area contributed by atoms with Crippen molar-refractivity contribution >= 4 is 35.7 Å². The zero-order valence-corrected chi connectivity index (χ0v) is 26.7. The molecular formula is C30H49N5O8. The number of likely N-dealkylation sites (tertiary alicyclic amines) is 1. The number of primary amides is 1. The van der Waals surface area contributed by atoms with E-state index in [0.717, 1.165) is 19.3 Å². The molecule has 242 valence electrons. The third-order valence-electron chi connectivity index (χ3n) is 9.49. The highest BCUT2D eigenvalue weighted by atomic mass is 16.7. The molecule has 5 amide bonds. The van der Waals surface area contributed by atoms with Crippen LogP contribution in [0, 0.1) is 34.5 Å². The summed E-state index contributed by atoms with van der Waals surface area (Å²) in [5, 5.41) is 8.33. The lowest BCUT2D eigenvalue weighted by Gasteiger charge is -2.38. The Morgan fingerprint density at radius 2 is 1.65 bits per heavy atom. The number of Topliss-reactive ketones (excluding diaryl/α,β-unsaturated/α-hetero) is 1. The monoisotopic (exact) mass is 607 g/mol. The van der Waals surface area contributed by atoms with Gasteiger partial charge in [0.05, 0.1) is 19.2 Å². The zero-order valence-electron chi connectivity index (χ0n) is 26.7. The van der Waals surface area contributed by atoms with E-state index in [1.807, 2.05) is 48.5 Å². The van der Waals surface area contributed by atoms with Gasteiger partial charge >= 0.3 is 12.2 Å². The second kappa shape index (κ2) is 13.1. The number of nitrogens with two attached hydrogens (primary N) is 1. The summed E-state index contributed by atoms with van der Waals surface area (Å²) in [7, 11) is 1.19. The number of rotatable bonds is 12. The van der Waals surface area contributed by atoms with Gasteiger partial charge in [0.25, 0.3) is 5.91 Å². The topological polar surface area (TPSA) is 186 Å². The molecule has 3 fully saturated rings. The van der Waals surface area contributed by atoms with Crippen molar-refractivity contribution in [3.63, 3.8) is 0 Å². The molecule has 2 saturated carbocycles. The lowest BCUT2D eigenvalue weighted by atomic mass is 9.80. The van der Waals surface area contributed by atoms with E-state index in [4.69, 9.17) is 10.5 Å². The van der Waals surface area contributed by atoms with Gasteiger partial charge in [-0.1, -0.05) is 67.7 Å². The number of nitrogens with one attached hydrogen (secondary N) is 3. The van der Waals surface area contributed by atoms with E-state index in [1.54, 1.807) is 0 Å². The van der Waals surface area contributed by atoms with Gasteiger partial charge in [0.2, 0.25) is 17.6 Å². The minimum absolute atomic E-state index is 0.0689. The van der Waals surface area contributed by atoms with Gasteiger partial charge in [-0.3, -0.25) is 19.2 Å². The molecule has 0 aromatic heterocycles. The third-order valence-corrected chi connectivity index (χ3v) is 9.49. The van der Waals surface area contributed by atoms with Gasteiger partial charge in [-0.15, -0.1) is 0 Å². The first kappa shape index (κ1) is 34.1. The van der Waals surface area contributed by atoms with Crippen LogP contribution < -0.4 is 21.7 Å². The van der Waals surface area contributed by atoms with Crippen molar-refractivity contribution < 1.29 is 38.2 Å². The first-order valence-corrected chi connectivity index (χ1v) is 15.1. The van der Waals surface area contributed by atoms with E-state index in [1.165, 1.54) is 12.0 Å². The van der Waals surface area contributed by atoms with Gasteiger partial charge < -0.3 is 36.1 Å². The smallest absolute Gasteiger partial charge is 0.438 e. The van der Waals surface area contributed by atoms with Crippen LogP contribution in [0.1, 0.15) is 74.1 Å². The highest BCUT2D eigenvalue weighted by Gasteiger charge is 2.70. The van der Waals surface area contributed by atoms with E-state index >= 15 is 0 Å². The lowest BCUT2D eigenvalue weighted by Crippen LogP contribution is -2.62. The van der Waals surface area contributed by atoms with Crippen LogP contribution in [0.3, 0.4) is 0 Å². The Hall–Kier alpha value is -3.38. The van der Waals surface area contributed by atoms with Crippen molar-refractivity contribution in [2.45, 2.75) is 98.3 Å². The molecule has 13 nitrogen and oxygen atoms in total. The zero-order chi connectivity index (χ0) is 32.4. The van der Waals surface area contributed by atoms with E-state index in [9.17, 15) is 28.8 Å². The van der Waals surface area contributed by atoms with Crippen LogP contribution in [0.5, 0.6) is 0 Å². The highest BCUT2D eigenvalue weighted by Crippen LogP contribution is 2.65. The maximum Gasteiger partial charge on any atom is 0.508 e. The van der Waals surface area contributed by atoms with E-state index in [-0.39, 0.29) is 35.7 Å². The minimum Gasteiger partial charge on any atom is -0.438 e. The van der Waals surface area contributed by atoms with Gasteiger partial charge in [-0.05, 0) is 40.9 Å². The van der Waals surface area contributed by atoms with Crippen LogP contribution in [0.25, 0.3) is 0 Å². The number of ether oxygens (including phenoxy) is 2. The summed E-state index contributed by atoms with van der Waals surface area (Å²) in [6.45, 7) is 13.4. The molecule has 0 bridgehead atoms. The van der Waals surface area contributed by atoms with Crippen LogP contribution in [0.15, 0.2) is 0 Å². The van der Waals surface area contributed by atoms with E-state index < -0.39 is 65.3 Å². The van der Waals surface area contributed by atoms with Gasteiger partial charge in [0.15, 0.2) is 0 Å². The molecule has 0 aromatic carbocycles. The highest BCUT2D eigenvalue weighted by molar-refractivity contribution is 6.37. The average molecular weight is 608 g/mol. The van der Waals surface area contributed by atoms with Gasteiger partial charge in [0, 0.05) is 6.54 Å². The van der Waals surface area contributed by atoms with Gasteiger partial charge in [-0.25, -0.2) is 9.59 Å². The Morgan fingerprint density at radius 1 is 1.02 bits per heavy atom. The molecule has 3 aliphatic rings. The SMILES string of the molecule is COC(=O)OC[C@@H](NC(=O)NC(C(=O)N1C[C@H]2[C@@H](C1C(=O)NC(CC1CCC1)C(=O)C(N)=O)C2(C)C)C(C)(C)C)C(C)C. The number of carbonyl (C=O) groups excluding carboxylic acids is 6. The van der Waals surface area contributed by atoms with Crippen LogP contribution in [0.2, 0.25) is 0 Å². The summed E-state index contributed by atoms with van der Waals surface area (Å²) in [4.78, 5) is 78.4. The predicted molar refractivity (Wildman–Crippen MR) is 156 cm³/mol. The van der Waals surface area contributed by atoms with Crippen molar-refractivity contribution in [3.05, 3.63) is 0 Å². The van der Waals surface area contributed by atoms with Crippen molar-refractivity contribution in [2.75, 3.05) is 20.3 Å². The Bertz CT molecular complexity index is 1110. The lowest BCUT2D eigenvalue weighted by molar-refractivity contribution is -0.145. The van der Waals surface area contributed by atoms with E-state index in [0.29, 0.717) is 13.0 Å². The molecule has 3 unspecified atom stereocenters. The molecular weight excluding hydrogens is 558 g/mol. The Kier molecular flexibility index (Phi) is 10.4. The fourth-order valence-corrected chi connectivity index (χ4v) is 6.31. The van der Waals surface area contributed by atoms with Crippen molar-refractivity contribution in [1.82, 2.24) is 20.9 Å². The Morgan fingerprint density at radius 3 is 2.14 bits per heavy atom. The van der Waals surface area contributed by atoms with Gasteiger partial charge in [0.1, 0.15) is 18.7 Å². The molecule has 13 heteroatoms. The molecule has 0 spiro atoms. The fourth-order valence-electron chi connectivity index (χ4n) is 6.31. The summed E-state index contributed by atoms with van der Waals surface area (Å²) in [5.41, 5.74) is 4.38. The summed E-state index contributed by atoms with van der Waals surface area (Å²) >= 11 is 0. The molecule has 0 radical (unpaired) electrons.